The van der Waals surface area contributed by atoms with Crippen molar-refractivity contribution in [1.29, 1.82) is 0 Å². The molecular formula is C20H23ClN8O2. The number of H-pyrrole nitrogens is 1. The summed E-state index contributed by atoms with van der Waals surface area (Å²) in [6.07, 6.45) is 8.74. The Morgan fingerprint density at radius 2 is 2.03 bits per heavy atom. The molecule has 1 amide bonds. The molecule has 1 N–H and O–H groups in total. The van der Waals surface area contributed by atoms with Gasteiger partial charge in [-0.05, 0) is 25.7 Å². The Hall–Kier alpha value is -2.72. The van der Waals surface area contributed by atoms with E-state index in [0.717, 1.165) is 44.6 Å². The van der Waals surface area contributed by atoms with Crippen LogP contribution < -0.4 is 4.90 Å². The molecule has 5 heterocycles. The highest BCUT2D eigenvalue weighted by Gasteiger charge is 2.50. The van der Waals surface area contributed by atoms with Crippen molar-refractivity contribution >= 4 is 34.6 Å². The summed E-state index contributed by atoms with van der Waals surface area (Å²) in [6, 6.07) is 0. The summed E-state index contributed by atoms with van der Waals surface area (Å²) in [5.41, 5.74) is 1.10. The van der Waals surface area contributed by atoms with E-state index in [2.05, 4.69) is 15.1 Å². The summed E-state index contributed by atoms with van der Waals surface area (Å²) in [6.45, 7) is 3.22. The van der Waals surface area contributed by atoms with Gasteiger partial charge in [0.25, 0.3) is 5.91 Å². The Bertz CT molecular complexity index is 1130. The molecule has 3 fully saturated rings. The van der Waals surface area contributed by atoms with Gasteiger partial charge in [0.05, 0.1) is 30.6 Å². The fraction of sp³-hybridized carbons (Fsp3) is 0.550. The molecule has 1 aliphatic carbocycles. The molecule has 2 aliphatic heterocycles. The molecular weight excluding hydrogens is 420 g/mol. The highest BCUT2D eigenvalue weighted by Crippen LogP contribution is 2.48. The van der Waals surface area contributed by atoms with Crippen LogP contribution in [0.5, 0.6) is 0 Å². The average molecular weight is 443 g/mol. The number of hydrogen-bond donors (Lipinski definition) is 1. The highest BCUT2D eigenvalue weighted by molar-refractivity contribution is 6.30. The molecule has 6 rings (SSSR count). The minimum atomic E-state index is -0.470. The summed E-state index contributed by atoms with van der Waals surface area (Å²) in [7, 11) is 0. The lowest BCUT2D eigenvalue weighted by Gasteiger charge is -2.33. The number of carbonyl (C=O) groups excluding carboxylic acids is 1. The van der Waals surface area contributed by atoms with Crippen LogP contribution >= 0.6 is 11.6 Å². The number of morpholine rings is 1. The fourth-order valence-corrected chi connectivity index (χ4v) is 4.66. The Labute approximate surface area is 183 Å². The maximum absolute atomic E-state index is 12.7. The minimum Gasteiger partial charge on any atom is -0.365 e. The van der Waals surface area contributed by atoms with E-state index in [-0.39, 0.29) is 11.4 Å². The number of anilines is 1. The number of amides is 1. The summed E-state index contributed by atoms with van der Waals surface area (Å²) < 4.78 is 7.64. The summed E-state index contributed by atoms with van der Waals surface area (Å²) in [5, 5.41) is 4.98. The predicted octanol–water partition coefficient (Wildman–Crippen LogP) is 1.57. The number of nitrogens with one attached hydrogen (secondary N) is 1. The van der Waals surface area contributed by atoms with Crippen molar-refractivity contribution in [1.82, 2.24) is 34.6 Å². The molecule has 0 unspecified atom stereocenters. The first-order chi connectivity index (χ1) is 15.1. The van der Waals surface area contributed by atoms with Crippen molar-refractivity contribution in [3.05, 3.63) is 29.4 Å². The van der Waals surface area contributed by atoms with Crippen LogP contribution in [0.2, 0.25) is 5.02 Å². The lowest BCUT2D eigenvalue weighted by molar-refractivity contribution is -0.143. The van der Waals surface area contributed by atoms with Crippen LogP contribution in [0, 0.1) is 0 Å². The Morgan fingerprint density at radius 3 is 2.77 bits per heavy atom. The summed E-state index contributed by atoms with van der Waals surface area (Å²) in [5.74, 6) is 1.47. The Kier molecular flexibility index (Phi) is 4.39. The number of carbonyl (C=O) groups is 1. The van der Waals surface area contributed by atoms with Gasteiger partial charge in [0.15, 0.2) is 11.8 Å². The van der Waals surface area contributed by atoms with Crippen LogP contribution in [0.4, 0.5) is 5.95 Å². The molecule has 0 radical (unpaired) electrons. The number of likely N-dealkylation sites (tertiary alicyclic amines) is 1. The minimum absolute atomic E-state index is 0.0701. The first kappa shape index (κ1) is 19.0. The van der Waals surface area contributed by atoms with E-state index >= 15 is 0 Å². The third kappa shape index (κ3) is 3.25. The molecule has 1 atom stereocenters. The molecule has 3 aromatic rings. The van der Waals surface area contributed by atoms with Gasteiger partial charge >= 0.3 is 0 Å². The molecule has 2 saturated heterocycles. The van der Waals surface area contributed by atoms with Gasteiger partial charge in [0, 0.05) is 25.8 Å². The number of rotatable bonds is 4. The van der Waals surface area contributed by atoms with Gasteiger partial charge in [0.2, 0.25) is 5.95 Å². The molecule has 3 aliphatic rings. The lowest BCUT2D eigenvalue weighted by Crippen LogP contribution is -2.51. The lowest BCUT2D eigenvalue weighted by atomic mass is 10.2. The maximum atomic E-state index is 12.7. The zero-order valence-electron chi connectivity index (χ0n) is 17.0. The zero-order valence-corrected chi connectivity index (χ0v) is 17.8. The summed E-state index contributed by atoms with van der Waals surface area (Å²) >= 11 is 6.06. The van der Waals surface area contributed by atoms with Crippen LogP contribution in [0.25, 0.3) is 11.2 Å². The van der Waals surface area contributed by atoms with E-state index in [4.69, 9.17) is 26.3 Å². The third-order valence-corrected chi connectivity index (χ3v) is 6.62. The van der Waals surface area contributed by atoms with Gasteiger partial charge in [-0.15, -0.1) is 0 Å². The molecule has 0 aromatic carbocycles. The number of ether oxygens (including phenoxy) is 1. The number of aromatic nitrogens is 6. The number of halogens is 1. The topological polar surface area (TPSA) is 105 Å². The van der Waals surface area contributed by atoms with E-state index < -0.39 is 6.10 Å². The Balaban J connectivity index is 1.24. The van der Waals surface area contributed by atoms with Crippen LogP contribution in [0.1, 0.15) is 31.5 Å². The second kappa shape index (κ2) is 7.16. The van der Waals surface area contributed by atoms with Crippen molar-refractivity contribution in [3.8, 4) is 0 Å². The molecule has 11 heteroatoms. The maximum Gasteiger partial charge on any atom is 0.253 e. The van der Waals surface area contributed by atoms with E-state index in [1.165, 1.54) is 0 Å². The van der Waals surface area contributed by atoms with Crippen molar-refractivity contribution in [3.63, 3.8) is 0 Å². The molecule has 0 bridgehead atoms. The van der Waals surface area contributed by atoms with Crippen molar-refractivity contribution in [2.24, 2.45) is 0 Å². The molecule has 3 aromatic heterocycles. The number of fused-ring (bicyclic) bond motifs is 1. The van der Waals surface area contributed by atoms with Crippen molar-refractivity contribution in [2.75, 3.05) is 37.7 Å². The second-order valence-electron chi connectivity index (χ2n) is 8.46. The third-order valence-electron chi connectivity index (χ3n) is 6.42. The number of hydrogen-bond acceptors (Lipinski definition) is 7. The van der Waals surface area contributed by atoms with Crippen LogP contribution in [0.15, 0.2) is 18.6 Å². The van der Waals surface area contributed by atoms with E-state index in [1.807, 2.05) is 20.7 Å². The van der Waals surface area contributed by atoms with Crippen LogP contribution in [0.3, 0.4) is 0 Å². The van der Waals surface area contributed by atoms with E-state index in [1.54, 1.807) is 12.4 Å². The molecule has 162 valence electrons. The number of aromatic amines is 1. The number of imidazole rings is 1. The van der Waals surface area contributed by atoms with Gasteiger partial charge < -0.3 is 19.5 Å². The monoisotopic (exact) mass is 442 g/mol. The van der Waals surface area contributed by atoms with E-state index in [0.29, 0.717) is 41.8 Å². The largest absolute Gasteiger partial charge is 0.365 e. The highest BCUT2D eigenvalue weighted by atomic mass is 35.5. The standard InChI is InChI=1S/C20H23ClN8O2/c21-13-9-23-29(11-13)20(3-4-20)18-24-14-10-22-19(26-16(14)25-18)28-7-8-31-15(12-28)17(30)27-5-1-2-6-27/h9-11,15H,1-8,12H2,(H,22,24,25,26)/t15-/m1/s1. The van der Waals surface area contributed by atoms with E-state index in [9.17, 15) is 4.79 Å². The average Bonchev–Trinajstić information content (AvgIpc) is 3.18. The van der Waals surface area contributed by atoms with Crippen molar-refractivity contribution < 1.29 is 9.53 Å². The van der Waals surface area contributed by atoms with Gasteiger partial charge in [-0.25, -0.2) is 9.97 Å². The second-order valence-corrected chi connectivity index (χ2v) is 8.90. The van der Waals surface area contributed by atoms with Gasteiger partial charge in [-0.1, -0.05) is 11.6 Å². The zero-order chi connectivity index (χ0) is 21.0. The van der Waals surface area contributed by atoms with Crippen LogP contribution in [-0.2, 0) is 15.1 Å². The quantitative estimate of drug-likeness (QED) is 0.653. The van der Waals surface area contributed by atoms with Crippen LogP contribution in [-0.4, -0.2) is 79.4 Å². The molecule has 1 saturated carbocycles. The molecule has 0 spiro atoms. The predicted molar refractivity (Wildman–Crippen MR) is 113 cm³/mol. The molecule has 31 heavy (non-hydrogen) atoms. The summed E-state index contributed by atoms with van der Waals surface area (Å²) in [4.78, 5) is 34.0. The van der Waals surface area contributed by atoms with Crippen molar-refractivity contribution in [2.45, 2.75) is 37.3 Å². The first-order valence-corrected chi connectivity index (χ1v) is 11.1. The fourth-order valence-electron chi connectivity index (χ4n) is 4.52. The van der Waals surface area contributed by atoms with Gasteiger partial charge in [-0.2, -0.15) is 10.1 Å². The number of nitrogens with zero attached hydrogens (tertiary/aromatic N) is 7. The van der Waals surface area contributed by atoms with Gasteiger partial charge in [0.1, 0.15) is 16.9 Å². The normalized spacial score (nSPS) is 22.9. The SMILES string of the molecule is O=C([C@H]1CN(c2ncc3nc(C4(n5cc(Cl)cn5)CC4)[nH]c3n2)CCO1)N1CCCC1. The van der Waals surface area contributed by atoms with Gasteiger partial charge in [-0.3, -0.25) is 9.48 Å². The smallest absolute Gasteiger partial charge is 0.253 e. The molecule has 10 nitrogen and oxygen atoms in total. The first-order valence-electron chi connectivity index (χ1n) is 10.7. The Morgan fingerprint density at radius 1 is 1.19 bits per heavy atom.